The molecule has 0 atom stereocenters. The van der Waals surface area contributed by atoms with Crippen LogP contribution in [0.15, 0.2) is 59.0 Å². The molecule has 0 N–H and O–H groups in total. The highest BCUT2D eigenvalue weighted by atomic mass is 35.5. The number of hydrogen-bond acceptors (Lipinski definition) is 5. The highest BCUT2D eigenvalue weighted by Gasteiger charge is 2.16. The first-order valence-corrected chi connectivity index (χ1v) is 8.21. The lowest BCUT2D eigenvalue weighted by Crippen LogP contribution is -1.89. The third-order valence-corrected chi connectivity index (χ3v) is 4.91. The van der Waals surface area contributed by atoms with Crippen LogP contribution in [-0.4, -0.2) is 9.91 Å². The van der Waals surface area contributed by atoms with E-state index in [2.05, 4.69) is 4.98 Å². The van der Waals surface area contributed by atoms with Crippen LogP contribution in [0.3, 0.4) is 0 Å². The molecule has 4 aromatic rings. The molecule has 0 aliphatic heterocycles. The number of nitrogens with zero attached hydrogens (tertiary/aromatic N) is 2. The van der Waals surface area contributed by atoms with Crippen molar-refractivity contribution in [2.75, 3.05) is 0 Å². The van der Waals surface area contributed by atoms with E-state index in [1.165, 1.54) is 23.5 Å². The number of nitro benzene ring substituents is 1. The van der Waals surface area contributed by atoms with Crippen molar-refractivity contribution in [2.24, 2.45) is 0 Å². The first-order valence-electron chi connectivity index (χ1n) is 7.02. The molecule has 7 heteroatoms. The summed E-state index contributed by atoms with van der Waals surface area (Å²) in [6.07, 6.45) is 0. The van der Waals surface area contributed by atoms with Gasteiger partial charge < -0.3 is 4.42 Å². The second kappa shape index (κ2) is 5.74. The Kier molecular flexibility index (Phi) is 3.55. The summed E-state index contributed by atoms with van der Waals surface area (Å²) in [6.45, 7) is 0. The molecule has 0 radical (unpaired) electrons. The van der Waals surface area contributed by atoms with Crippen molar-refractivity contribution in [3.63, 3.8) is 0 Å². The van der Waals surface area contributed by atoms with Crippen LogP contribution in [0.1, 0.15) is 0 Å². The fraction of sp³-hybridized carbons (Fsp3) is 0. The van der Waals surface area contributed by atoms with Gasteiger partial charge in [0.1, 0.15) is 10.8 Å². The molecule has 4 rings (SSSR count). The van der Waals surface area contributed by atoms with E-state index in [1.807, 2.05) is 30.3 Å². The van der Waals surface area contributed by atoms with Crippen LogP contribution in [-0.2, 0) is 0 Å². The molecule has 0 fully saturated rings. The molecule has 2 heterocycles. The number of halogens is 1. The van der Waals surface area contributed by atoms with E-state index >= 15 is 0 Å². The van der Waals surface area contributed by atoms with Gasteiger partial charge in [-0.1, -0.05) is 23.7 Å². The largest absolute Gasteiger partial charge is 0.454 e. The molecule has 0 aliphatic carbocycles. The van der Waals surface area contributed by atoms with E-state index in [4.69, 9.17) is 16.0 Å². The molecule has 2 aromatic carbocycles. The highest BCUT2D eigenvalue weighted by Crippen LogP contribution is 2.35. The molecule has 5 nitrogen and oxygen atoms in total. The van der Waals surface area contributed by atoms with Gasteiger partial charge in [0.2, 0.25) is 0 Å². The first-order chi connectivity index (χ1) is 11.6. The van der Waals surface area contributed by atoms with Crippen molar-refractivity contribution in [1.29, 1.82) is 0 Å². The van der Waals surface area contributed by atoms with Gasteiger partial charge in [-0.15, -0.1) is 11.3 Å². The molecule has 0 spiro atoms. The maximum atomic E-state index is 11.0. The van der Waals surface area contributed by atoms with Gasteiger partial charge in [0.05, 0.1) is 15.1 Å². The molecule has 0 bridgehead atoms. The Bertz CT molecular complexity index is 1040. The molecule has 24 heavy (non-hydrogen) atoms. The maximum absolute atomic E-state index is 11.0. The van der Waals surface area contributed by atoms with Gasteiger partial charge in [0.15, 0.2) is 10.8 Å². The summed E-state index contributed by atoms with van der Waals surface area (Å²) >= 11 is 7.38. The number of furan rings is 1. The summed E-state index contributed by atoms with van der Waals surface area (Å²) in [7, 11) is 0. The molecule has 0 saturated heterocycles. The lowest BCUT2D eigenvalue weighted by atomic mass is 10.1. The van der Waals surface area contributed by atoms with Gasteiger partial charge in [-0.2, -0.15) is 0 Å². The van der Waals surface area contributed by atoms with Gasteiger partial charge in [-0.25, -0.2) is 4.98 Å². The number of aromatic nitrogens is 1. The zero-order valence-electron chi connectivity index (χ0n) is 12.1. The van der Waals surface area contributed by atoms with E-state index in [-0.39, 0.29) is 10.7 Å². The average Bonchev–Trinajstić information content (AvgIpc) is 3.21. The Morgan fingerprint density at radius 3 is 2.67 bits per heavy atom. The number of rotatable bonds is 3. The van der Waals surface area contributed by atoms with Crippen LogP contribution in [0, 0.1) is 10.1 Å². The lowest BCUT2D eigenvalue weighted by molar-refractivity contribution is -0.384. The van der Waals surface area contributed by atoms with Gasteiger partial charge in [0.25, 0.3) is 5.69 Å². The number of fused-ring (bicyclic) bond motifs is 1. The zero-order valence-corrected chi connectivity index (χ0v) is 13.7. The van der Waals surface area contributed by atoms with Crippen LogP contribution in [0.4, 0.5) is 5.69 Å². The molecular weight excluding hydrogens is 348 g/mol. The summed E-state index contributed by atoms with van der Waals surface area (Å²) < 4.78 is 6.92. The summed E-state index contributed by atoms with van der Waals surface area (Å²) in [5.41, 5.74) is 1.36. The average molecular weight is 357 g/mol. The third kappa shape index (κ3) is 2.55. The predicted octanol–water partition coefficient (Wildman–Crippen LogP) is 5.78. The second-order valence-corrected chi connectivity index (χ2v) is 6.51. The third-order valence-electron chi connectivity index (χ3n) is 3.54. The van der Waals surface area contributed by atoms with E-state index in [9.17, 15) is 10.1 Å². The van der Waals surface area contributed by atoms with Crippen molar-refractivity contribution >= 4 is 38.8 Å². The standard InChI is InChI=1S/C17H9ClN2O3S/c18-11-6-5-10(9-13(11)20(21)22)14-7-8-15(23-14)17-19-12-3-1-2-4-16(12)24-17/h1-9H. The molecule has 0 amide bonds. The van der Waals surface area contributed by atoms with Crippen molar-refractivity contribution in [3.05, 3.63) is 69.7 Å². The van der Waals surface area contributed by atoms with Crippen LogP contribution in [0.25, 0.3) is 32.3 Å². The van der Waals surface area contributed by atoms with Crippen LogP contribution < -0.4 is 0 Å². The van der Waals surface area contributed by atoms with Gasteiger partial charge in [0, 0.05) is 11.6 Å². The number of benzene rings is 2. The fourth-order valence-corrected chi connectivity index (χ4v) is 3.51. The monoisotopic (exact) mass is 356 g/mol. The predicted molar refractivity (Wildman–Crippen MR) is 94.4 cm³/mol. The van der Waals surface area contributed by atoms with Crippen LogP contribution in [0.5, 0.6) is 0 Å². The Labute approximate surface area is 145 Å². The second-order valence-electron chi connectivity index (χ2n) is 5.07. The Balaban J connectivity index is 1.75. The quantitative estimate of drug-likeness (QED) is 0.344. The van der Waals surface area contributed by atoms with Gasteiger partial charge in [-0.05, 0) is 36.4 Å². The van der Waals surface area contributed by atoms with Crippen LogP contribution >= 0.6 is 22.9 Å². The number of thiazole rings is 1. The Morgan fingerprint density at radius 1 is 1.08 bits per heavy atom. The molecular formula is C17H9ClN2O3S. The zero-order chi connectivity index (χ0) is 16.7. The molecule has 118 valence electrons. The Morgan fingerprint density at radius 2 is 1.88 bits per heavy atom. The van der Waals surface area contributed by atoms with E-state index in [1.54, 1.807) is 12.1 Å². The smallest absolute Gasteiger partial charge is 0.288 e. The number of nitro groups is 1. The van der Waals surface area contributed by atoms with Crippen molar-refractivity contribution in [2.45, 2.75) is 0 Å². The summed E-state index contributed by atoms with van der Waals surface area (Å²) in [4.78, 5) is 15.0. The summed E-state index contributed by atoms with van der Waals surface area (Å²) in [5, 5.41) is 11.9. The van der Waals surface area contributed by atoms with Gasteiger partial charge >= 0.3 is 0 Å². The minimum absolute atomic E-state index is 0.0988. The molecule has 0 aliphatic rings. The summed E-state index contributed by atoms with van der Waals surface area (Å²) in [6, 6.07) is 16.0. The Hall–Kier alpha value is -2.70. The van der Waals surface area contributed by atoms with E-state index < -0.39 is 4.92 Å². The van der Waals surface area contributed by atoms with Crippen molar-refractivity contribution < 1.29 is 9.34 Å². The van der Waals surface area contributed by atoms with Crippen molar-refractivity contribution in [3.8, 4) is 22.1 Å². The number of hydrogen-bond donors (Lipinski definition) is 0. The highest BCUT2D eigenvalue weighted by molar-refractivity contribution is 7.21. The van der Waals surface area contributed by atoms with Crippen LogP contribution in [0.2, 0.25) is 5.02 Å². The molecule has 2 aromatic heterocycles. The summed E-state index contributed by atoms with van der Waals surface area (Å²) in [5.74, 6) is 1.16. The van der Waals surface area contributed by atoms with E-state index in [0.717, 1.165) is 15.2 Å². The minimum Gasteiger partial charge on any atom is -0.454 e. The molecule has 0 saturated carbocycles. The fourth-order valence-electron chi connectivity index (χ4n) is 2.39. The normalized spacial score (nSPS) is 11.0. The van der Waals surface area contributed by atoms with Crippen molar-refractivity contribution in [1.82, 2.24) is 4.98 Å². The first kappa shape index (κ1) is 14.9. The van der Waals surface area contributed by atoms with Gasteiger partial charge in [-0.3, -0.25) is 10.1 Å². The lowest BCUT2D eigenvalue weighted by Gasteiger charge is -1.99. The minimum atomic E-state index is -0.511. The SMILES string of the molecule is O=[N+]([O-])c1cc(-c2ccc(-c3nc4ccccc4s3)o2)ccc1Cl. The van der Waals surface area contributed by atoms with E-state index in [0.29, 0.717) is 17.1 Å². The topological polar surface area (TPSA) is 69.2 Å². The maximum Gasteiger partial charge on any atom is 0.288 e. The molecule has 0 unspecified atom stereocenters. The number of para-hydroxylation sites is 1.